The maximum Gasteiger partial charge on any atom is 0.471 e. The number of hydrogen-bond acceptors (Lipinski definition) is 3. The van der Waals surface area contributed by atoms with Gasteiger partial charge >= 0.3 is 12.1 Å². The van der Waals surface area contributed by atoms with Crippen LogP contribution in [0.4, 0.5) is 13.2 Å². The van der Waals surface area contributed by atoms with E-state index in [-0.39, 0.29) is 35.0 Å². The van der Waals surface area contributed by atoms with Crippen LogP contribution in [0.5, 0.6) is 0 Å². The van der Waals surface area contributed by atoms with Crippen molar-refractivity contribution in [2.24, 2.45) is 34.5 Å². The van der Waals surface area contributed by atoms with E-state index in [1.54, 1.807) is 0 Å². The number of carbonyl (C=O) groups is 1. The average molecular weight is 415 g/mol. The highest BCUT2D eigenvalue weighted by atomic mass is 19.4. The molecule has 9 atom stereocenters. The van der Waals surface area contributed by atoms with Crippen LogP contribution in [0, 0.1) is 34.5 Å². The van der Waals surface area contributed by atoms with Gasteiger partial charge in [0, 0.05) is 6.04 Å². The van der Waals surface area contributed by atoms with Crippen LogP contribution in [0.15, 0.2) is 12.2 Å². The first kappa shape index (κ1) is 21.2. The molecule has 0 aromatic carbocycles. The minimum absolute atomic E-state index is 0.00293. The predicted molar refractivity (Wildman–Crippen MR) is 102 cm³/mol. The standard InChI is InChI=1S/C22H32F3NO3/c1-11-4-5-13-16-14(7-9-20(11,13)2)21(3)8-6-12(26-19(29)22(23,24)25)10-15(21)17(27)18(16)28/h12-18,27-28H,1,4-10H2,2-3H3,(H,26,29)/t12-,13-,14-,15+,16-,17+,18+,20+,21+/m0/s1. The number of hydrogen-bond donors (Lipinski definition) is 3. The van der Waals surface area contributed by atoms with Gasteiger partial charge in [-0.1, -0.05) is 26.0 Å². The molecule has 4 aliphatic rings. The van der Waals surface area contributed by atoms with Gasteiger partial charge in [0.25, 0.3) is 0 Å². The molecular weight excluding hydrogens is 383 g/mol. The number of nitrogens with one attached hydrogen (secondary N) is 1. The zero-order valence-electron chi connectivity index (χ0n) is 17.1. The van der Waals surface area contributed by atoms with Crippen LogP contribution in [0.1, 0.15) is 58.8 Å². The fraction of sp³-hybridized carbons (Fsp3) is 0.864. The summed E-state index contributed by atoms with van der Waals surface area (Å²) in [5, 5.41) is 24.3. The van der Waals surface area contributed by atoms with Crippen molar-refractivity contribution >= 4 is 5.91 Å². The summed E-state index contributed by atoms with van der Waals surface area (Å²) in [4.78, 5) is 11.4. The lowest BCUT2D eigenvalue weighted by atomic mass is 9.43. The number of carbonyl (C=O) groups excluding carboxylic acids is 1. The van der Waals surface area contributed by atoms with E-state index in [4.69, 9.17) is 0 Å². The van der Waals surface area contributed by atoms with Crippen LogP contribution in [0.3, 0.4) is 0 Å². The number of aliphatic hydroxyl groups is 2. The third kappa shape index (κ3) is 3.06. The van der Waals surface area contributed by atoms with Gasteiger partial charge in [0.1, 0.15) is 0 Å². The van der Waals surface area contributed by atoms with Crippen LogP contribution < -0.4 is 5.32 Å². The molecule has 0 spiro atoms. The summed E-state index contributed by atoms with van der Waals surface area (Å²) in [6.07, 6.45) is -1.50. The Morgan fingerprint density at radius 1 is 1.07 bits per heavy atom. The van der Waals surface area contributed by atoms with Crippen molar-refractivity contribution in [2.75, 3.05) is 0 Å². The molecule has 29 heavy (non-hydrogen) atoms. The van der Waals surface area contributed by atoms with E-state index < -0.39 is 30.3 Å². The molecule has 4 rings (SSSR count). The van der Waals surface area contributed by atoms with Crippen molar-refractivity contribution in [3.05, 3.63) is 12.2 Å². The molecule has 0 radical (unpaired) electrons. The second-order valence-corrected chi connectivity index (χ2v) is 10.4. The number of amides is 1. The fourth-order valence-electron chi connectivity index (χ4n) is 7.57. The molecule has 164 valence electrons. The largest absolute Gasteiger partial charge is 0.471 e. The van der Waals surface area contributed by atoms with Crippen LogP contribution >= 0.6 is 0 Å². The molecule has 4 aliphatic carbocycles. The van der Waals surface area contributed by atoms with Crippen LogP contribution in [0.2, 0.25) is 0 Å². The Kier molecular flexibility index (Phi) is 4.90. The van der Waals surface area contributed by atoms with Crippen molar-refractivity contribution in [3.63, 3.8) is 0 Å². The van der Waals surface area contributed by atoms with E-state index in [9.17, 15) is 28.2 Å². The van der Waals surface area contributed by atoms with E-state index in [1.165, 1.54) is 5.57 Å². The van der Waals surface area contributed by atoms with Crippen LogP contribution in [0.25, 0.3) is 0 Å². The first-order valence-electron chi connectivity index (χ1n) is 10.8. The van der Waals surface area contributed by atoms with E-state index >= 15 is 0 Å². The van der Waals surface area contributed by atoms with Gasteiger partial charge in [-0.2, -0.15) is 13.2 Å². The molecular formula is C22H32F3NO3. The van der Waals surface area contributed by atoms with Gasteiger partial charge in [0.2, 0.25) is 0 Å². The highest BCUT2D eigenvalue weighted by molar-refractivity contribution is 5.81. The van der Waals surface area contributed by atoms with Crippen molar-refractivity contribution in [3.8, 4) is 0 Å². The highest BCUT2D eigenvalue weighted by Crippen LogP contribution is 2.67. The summed E-state index contributed by atoms with van der Waals surface area (Å²) in [5.74, 6) is -1.73. The maximum atomic E-state index is 12.7. The van der Waals surface area contributed by atoms with Gasteiger partial charge in [0.05, 0.1) is 12.2 Å². The number of allylic oxidation sites excluding steroid dienone is 1. The monoisotopic (exact) mass is 415 g/mol. The second-order valence-electron chi connectivity index (χ2n) is 10.4. The minimum Gasteiger partial charge on any atom is -0.390 e. The molecule has 0 unspecified atom stereocenters. The highest BCUT2D eigenvalue weighted by Gasteiger charge is 2.64. The summed E-state index contributed by atoms with van der Waals surface area (Å²) in [6, 6.07) is -0.624. The smallest absolute Gasteiger partial charge is 0.390 e. The topological polar surface area (TPSA) is 69.6 Å². The normalized spacial score (nSPS) is 49.8. The fourth-order valence-corrected chi connectivity index (χ4v) is 7.57. The maximum absolute atomic E-state index is 12.7. The third-order valence-corrected chi connectivity index (χ3v) is 9.30. The summed E-state index contributed by atoms with van der Waals surface area (Å²) in [7, 11) is 0. The summed E-state index contributed by atoms with van der Waals surface area (Å²) >= 11 is 0. The predicted octanol–water partition coefficient (Wildman–Crippen LogP) is 3.57. The second kappa shape index (κ2) is 6.71. The van der Waals surface area contributed by atoms with Crippen molar-refractivity contribution in [1.29, 1.82) is 0 Å². The SMILES string of the molecule is C=C1CC[C@H]2[C@@H]3[C@@H](O)[C@H](O)[C@H]4C[C@@H](NC(=O)C(F)(F)F)CC[C@]4(C)[C@H]3CC[C@]12C. The Balaban J connectivity index is 1.58. The molecule has 0 aromatic heterocycles. The Bertz CT molecular complexity index is 710. The molecule has 7 heteroatoms. The molecule has 0 aliphatic heterocycles. The van der Waals surface area contributed by atoms with Gasteiger partial charge in [0.15, 0.2) is 0 Å². The number of rotatable bonds is 1. The number of aliphatic hydroxyl groups excluding tert-OH is 2. The summed E-state index contributed by atoms with van der Waals surface area (Å²) in [5.41, 5.74) is 1.00. The quantitative estimate of drug-likeness (QED) is 0.574. The Morgan fingerprint density at radius 3 is 2.41 bits per heavy atom. The first-order valence-corrected chi connectivity index (χ1v) is 10.8. The number of fused-ring (bicyclic) bond motifs is 5. The first-order chi connectivity index (χ1) is 13.4. The molecule has 0 bridgehead atoms. The molecule has 4 saturated carbocycles. The van der Waals surface area contributed by atoms with Gasteiger partial charge in [-0.3, -0.25) is 4.79 Å². The van der Waals surface area contributed by atoms with Crippen molar-refractivity contribution < 1.29 is 28.2 Å². The average Bonchev–Trinajstić information content (AvgIpc) is 2.94. The van der Waals surface area contributed by atoms with E-state index in [0.717, 1.165) is 25.7 Å². The Morgan fingerprint density at radius 2 is 1.76 bits per heavy atom. The molecule has 0 aromatic rings. The number of alkyl halides is 3. The minimum atomic E-state index is -4.91. The van der Waals surface area contributed by atoms with E-state index in [0.29, 0.717) is 18.8 Å². The molecule has 0 saturated heterocycles. The van der Waals surface area contributed by atoms with Gasteiger partial charge in [-0.05, 0) is 79.4 Å². The zero-order chi connectivity index (χ0) is 21.4. The van der Waals surface area contributed by atoms with Gasteiger partial charge in [-0.25, -0.2) is 0 Å². The molecule has 4 nitrogen and oxygen atoms in total. The third-order valence-electron chi connectivity index (χ3n) is 9.30. The molecule has 0 heterocycles. The summed E-state index contributed by atoms with van der Waals surface area (Å²) in [6.45, 7) is 8.65. The van der Waals surface area contributed by atoms with Crippen molar-refractivity contribution in [1.82, 2.24) is 5.32 Å². The molecule has 1 amide bonds. The van der Waals surface area contributed by atoms with Crippen LogP contribution in [-0.2, 0) is 4.79 Å². The molecule has 3 N–H and O–H groups in total. The lowest BCUT2D eigenvalue weighted by molar-refractivity contribution is -0.212. The van der Waals surface area contributed by atoms with E-state index in [1.807, 2.05) is 0 Å². The Hall–Kier alpha value is -1.08. The number of halogens is 3. The van der Waals surface area contributed by atoms with Crippen molar-refractivity contribution in [2.45, 2.75) is 83.2 Å². The molecule has 4 fully saturated rings. The van der Waals surface area contributed by atoms with E-state index in [2.05, 4.69) is 25.7 Å². The van der Waals surface area contributed by atoms with Gasteiger partial charge in [-0.15, -0.1) is 0 Å². The zero-order valence-corrected chi connectivity index (χ0v) is 17.1. The van der Waals surface area contributed by atoms with Gasteiger partial charge < -0.3 is 15.5 Å². The van der Waals surface area contributed by atoms with Crippen LogP contribution in [-0.4, -0.2) is 40.5 Å². The Labute approximate surface area is 169 Å². The lowest BCUT2D eigenvalue weighted by Crippen LogP contribution is -2.64. The lowest BCUT2D eigenvalue weighted by Gasteiger charge is -2.63. The summed E-state index contributed by atoms with van der Waals surface area (Å²) < 4.78 is 38.0.